The number of hydrogen-bond acceptors (Lipinski definition) is 3. The van der Waals surface area contributed by atoms with Gasteiger partial charge in [0.25, 0.3) is 0 Å². The number of pyridine rings is 1. The lowest BCUT2D eigenvalue weighted by Crippen LogP contribution is -2.37. The summed E-state index contributed by atoms with van der Waals surface area (Å²) in [5.41, 5.74) is 1.56. The van der Waals surface area contributed by atoms with Crippen LogP contribution in [0.15, 0.2) is 48.8 Å². The van der Waals surface area contributed by atoms with E-state index in [0.717, 1.165) is 5.56 Å². The number of carbonyl (C=O) groups excluding carboxylic acids is 1. The summed E-state index contributed by atoms with van der Waals surface area (Å²) in [5.74, 6) is -0.498. The van der Waals surface area contributed by atoms with Crippen molar-refractivity contribution in [3.63, 3.8) is 0 Å². The van der Waals surface area contributed by atoms with Gasteiger partial charge in [-0.3, -0.25) is 9.78 Å². The maximum absolute atomic E-state index is 12.9. The van der Waals surface area contributed by atoms with Gasteiger partial charge < -0.3 is 10.4 Å². The smallest absolute Gasteiger partial charge is 0.220 e. The molecule has 0 radical (unpaired) electrons. The van der Waals surface area contributed by atoms with Gasteiger partial charge >= 0.3 is 0 Å². The lowest BCUT2D eigenvalue weighted by atomic mass is 10.0. The monoisotopic (exact) mass is 302 g/mol. The molecule has 2 rings (SSSR count). The van der Waals surface area contributed by atoms with Crippen LogP contribution in [0.5, 0.6) is 0 Å². The fourth-order valence-corrected chi connectivity index (χ4v) is 2.16. The number of amides is 1. The Hall–Kier alpha value is -2.27. The summed E-state index contributed by atoms with van der Waals surface area (Å²) in [6.45, 7) is 1.72. The molecular formula is C17H19FN2O2. The van der Waals surface area contributed by atoms with Gasteiger partial charge in [-0.1, -0.05) is 18.2 Å². The SMILES string of the molecule is CC(NC(=O)CCc1cccnc1)C(O)c1ccc(F)cc1. The maximum atomic E-state index is 12.9. The zero-order valence-electron chi connectivity index (χ0n) is 12.4. The Kier molecular flexibility index (Phi) is 5.61. The molecule has 2 aromatic rings. The van der Waals surface area contributed by atoms with Gasteiger partial charge in [0.1, 0.15) is 5.82 Å². The number of hydrogen-bond donors (Lipinski definition) is 2. The van der Waals surface area contributed by atoms with Crippen LogP contribution in [0.2, 0.25) is 0 Å². The largest absolute Gasteiger partial charge is 0.386 e. The molecule has 22 heavy (non-hydrogen) atoms. The summed E-state index contributed by atoms with van der Waals surface area (Å²) in [4.78, 5) is 15.9. The Bertz CT molecular complexity index is 602. The molecule has 4 nitrogen and oxygen atoms in total. The zero-order chi connectivity index (χ0) is 15.9. The van der Waals surface area contributed by atoms with Gasteiger partial charge in [-0.25, -0.2) is 4.39 Å². The molecule has 1 amide bonds. The molecule has 0 saturated heterocycles. The van der Waals surface area contributed by atoms with E-state index >= 15 is 0 Å². The maximum Gasteiger partial charge on any atom is 0.220 e. The summed E-state index contributed by atoms with van der Waals surface area (Å²) in [6.07, 6.45) is 3.46. The quantitative estimate of drug-likeness (QED) is 0.861. The van der Waals surface area contributed by atoms with E-state index in [-0.39, 0.29) is 11.7 Å². The third kappa shape index (κ3) is 4.63. The van der Waals surface area contributed by atoms with Crippen molar-refractivity contribution in [1.29, 1.82) is 0 Å². The number of nitrogens with zero attached hydrogens (tertiary/aromatic N) is 1. The normalized spacial score (nSPS) is 13.4. The average Bonchev–Trinajstić information content (AvgIpc) is 2.54. The number of carbonyl (C=O) groups is 1. The van der Waals surface area contributed by atoms with Gasteiger partial charge in [-0.05, 0) is 42.7 Å². The van der Waals surface area contributed by atoms with Crippen LogP contribution in [0.25, 0.3) is 0 Å². The fraction of sp³-hybridized carbons (Fsp3) is 0.294. The van der Waals surface area contributed by atoms with Crippen LogP contribution in [0.4, 0.5) is 4.39 Å². The molecule has 0 aliphatic carbocycles. The van der Waals surface area contributed by atoms with E-state index in [1.54, 1.807) is 19.3 Å². The molecule has 116 valence electrons. The Balaban J connectivity index is 1.84. The number of halogens is 1. The van der Waals surface area contributed by atoms with E-state index in [1.807, 2.05) is 12.1 Å². The van der Waals surface area contributed by atoms with Gasteiger partial charge in [0.15, 0.2) is 0 Å². The number of aliphatic hydroxyl groups is 1. The first-order chi connectivity index (χ1) is 10.6. The van der Waals surface area contributed by atoms with Crippen LogP contribution in [-0.2, 0) is 11.2 Å². The van der Waals surface area contributed by atoms with E-state index in [9.17, 15) is 14.3 Å². The third-order valence-corrected chi connectivity index (χ3v) is 3.44. The Morgan fingerprint density at radius 3 is 2.68 bits per heavy atom. The summed E-state index contributed by atoms with van der Waals surface area (Å²) in [6, 6.07) is 8.89. The molecule has 0 spiro atoms. The molecule has 2 unspecified atom stereocenters. The first-order valence-corrected chi connectivity index (χ1v) is 7.18. The first kappa shape index (κ1) is 16.1. The summed E-state index contributed by atoms with van der Waals surface area (Å²) >= 11 is 0. The van der Waals surface area contributed by atoms with E-state index in [4.69, 9.17) is 0 Å². The van der Waals surface area contributed by atoms with Crippen molar-refractivity contribution in [1.82, 2.24) is 10.3 Å². The van der Waals surface area contributed by atoms with Crippen LogP contribution in [0, 0.1) is 5.82 Å². The number of aromatic nitrogens is 1. The number of rotatable bonds is 6. The van der Waals surface area contributed by atoms with Crippen LogP contribution < -0.4 is 5.32 Å². The van der Waals surface area contributed by atoms with Crippen molar-refractivity contribution in [2.24, 2.45) is 0 Å². The molecule has 0 bridgehead atoms. The molecule has 1 aromatic carbocycles. The van der Waals surface area contributed by atoms with Crippen molar-refractivity contribution < 1.29 is 14.3 Å². The number of nitrogens with one attached hydrogen (secondary N) is 1. The predicted octanol–water partition coefficient (Wildman–Crippen LogP) is 2.39. The standard InChI is InChI=1S/C17H19FN2O2/c1-12(17(22)14-5-7-15(18)8-6-14)20-16(21)9-4-13-3-2-10-19-11-13/h2-3,5-8,10-12,17,22H,4,9H2,1H3,(H,20,21). The zero-order valence-corrected chi connectivity index (χ0v) is 12.4. The van der Waals surface area contributed by atoms with E-state index in [2.05, 4.69) is 10.3 Å². The van der Waals surface area contributed by atoms with Crippen LogP contribution in [0.3, 0.4) is 0 Å². The van der Waals surface area contributed by atoms with Gasteiger partial charge in [0.2, 0.25) is 5.91 Å². The first-order valence-electron chi connectivity index (χ1n) is 7.18. The fourth-order valence-electron chi connectivity index (χ4n) is 2.16. The molecular weight excluding hydrogens is 283 g/mol. The Morgan fingerprint density at radius 2 is 2.05 bits per heavy atom. The molecule has 5 heteroatoms. The van der Waals surface area contributed by atoms with Crippen molar-refractivity contribution in [3.8, 4) is 0 Å². The molecule has 1 heterocycles. The van der Waals surface area contributed by atoms with Crippen molar-refractivity contribution >= 4 is 5.91 Å². The highest BCUT2D eigenvalue weighted by molar-refractivity contribution is 5.76. The van der Waals surface area contributed by atoms with Crippen molar-refractivity contribution in [2.75, 3.05) is 0 Å². The van der Waals surface area contributed by atoms with Crippen LogP contribution in [-0.4, -0.2) is 22.0 Å². The van der Waals surface area contributed by atoms with E-state index in [0.29, 0.717) is 18.4 Å². The molecule has 0 aliphatic rings. The number of benzene rings is 1. The minimum atomic E-state index is -0.872. The highest BCUT2D eigenvalue weighted by Crippen LogP contribution is 2.17. The second-order valence-corrected chi connectivity index (χ2v) is 5.21. The third-order valence-electron chi connectivity index (χ3n) is 3.44. The minimum absolute atomic E-state index is 0.141. The van der Waals surface area contributed by atoms with Crippen molar-refractivity contribution in [3.05, 3.63) is 65.7 Å². The summed E-state index contributed by atoms with van der Waals surface area (Å²) < 4.78 is 12.9. The van der Waals surface area contributed by atoms with Crippen molar-refractivity contribution in [2.45, 2.75) is 31.9 Å². The highest BCUT2D eigenvalue weighted by Gasteiger charge is 2.18. The van der Waals surface area contributed by atoms with Crippen LogP contribution in [0.1, 0.15) is 30.6 Å². The highest BCUT2D eigenvalue weighted by atomic mass is 19.1. The lowest BCUT2D eigenvalue weighted by Gasteiger charge is -2.20. The van der Waals surface area contributed by atoms with Gasteiger partial charge in [0, 0.05) is 18.8 Å². The van der Waals surface area contributed by atoms with Gasteiger partial charge in [-0.15, -0.1) is 0 Å². The van der Waals surface area contributed by atoms with E-state index < -0.39 is 12.1 Å². The molecule has 0 aliphatic heterocycles. The Labute approximate surface area is 129 Å². The molecule has 0 saturated carbocycles. The van der Waals surface area contributed by atoms with E-state index in [1.165, 1.54) is 24.3 Å². The second kappa shape index (κ2) is 7.66. The average molecular weight is 302 g/mol. The van der Waals surface area contributed by atoms with Gasteiger partial charge in [0.05, 0.1) is 12.1 Å². The topological polar surface area (TPSA) is 62.2 Å². The van der Waals surface area contributed by atoms with Crippen LogP contribution >= 0.6 is 0 Å². The van der Waals surface area contributed by atoms with Gasteiger partial charge in [-0.2, -0.15) is 0 Å². The number of aryl methyl sites for hydroxylation is 1. The molecule has 1 aromatic heterocycles. The molecule has 2 N–H and O–H groups in total. The number of aliphatic hydroxyl groups excluding tert-OH is 1. The Morgan fingerprint density at radius 1 is 1.32 bits per heavy atom. The summed E-state index contributed by atoms with van der Waals surface area (Å²) in [5, 5.41) is 12.9. The molecule has 0 fully saturated rings. The minimum Gasteiger partial charge on any atom is -0.386 e. The second-order valence-electron chi connectivity index (χ2n) is 5.21. The molecule has 2 atom stereocenters. The summed E-state index contributed by atoms with van der Waals surface area (Å²) in [7, 11) is 0. The lowest BCUT2D eigenvalue weighted by molar-refractivity contribution is -0.122. The predicted molar refractivity (Wildman–Crippen MR) is 81.5 cm³/mol.